The maximum Gasteiger partial charge on any atom is 0.340 e. The minimum atomic E-state index is -4.45. The predicted octanol–water partition coefficient (Wildman–Crippen LogP) is 7.48. The number of halogens is 4. The topological polar surface area (TPSA) is 52.6 Å². The fraction of sp³-hybridized carbons (Fsp3) is 0.917. The van der Waals surface area contributed by atoms with Gasteiger partial charge in [-0.1, -0.05) is 90.4 Å². The normalized spacial score (nSPS) is 12.2. The van der Waals surface area contributed by atoms with E-state index in [1.54, 1.807) is 0 Å². The minimum Gasteiger partial charge on any atom is -0.465 e. The van der Waals surface area contributed by atoms with Gasteiger partial charge in [0.2, 0.25) is 0 Å². The molecule has 0 aliphatic carbocycles. The average molecular weight is 471 g/mol. The van der Waals surface area contributed by atoms with Gasteiger partial charge in [-0.15, -0.1) is 0 Å². The second kappa shape index (κ2) is 17.2. The van der Waals surface area contributed by atoms with Crippen molar-refractivity contribution in [2.24, 2.45) is 5.41 Å². The number of hydrogen-bond donors (Lipinski definition) is 0. The van der Waals surface area contributed by atoms with Crippen molar-refractivity contribution in [2.45, 2.75) is 123 Å². The van der Waals surface area contributed by atoms with Crippen LogP contribution in [0.3, 0.4) is 0 Å². The summed E-state index contributed by atoms with van der Waals surface area (Å²) in [5.41, 5.74) is -1.84. The SMILES string of the molecule is CCCCCCCCCCCCCCCCOC(=O)C(C)(C)C(=O)OCC(F)(F)C(F)F. The zero-order chi connectivity index (χ0) is 24.5. The van der Waals surface area contributed by atoms with Gasteiger partial charge in [0.05, 0.1) is 6.61 Å². The van der Waals surface area contributed by atoms with E-state index in [1.165, 1.54) is 64.2 Å². The van der Waals surface area contributed by atoms with Crippen LogP contribution in [-0.4, -0.2) is 37.5 Å². The third-order valence-corrected chi connectivity index (χ3v) is 5.47. The van der Waals surface area contributed by atoms with E-state index in [9.17, 15) is 27.2 Å². The summed E-state index contributed by atoms with van der Waals surface area (Å²) >= 11 is 0. The molecular formula is C24H42F4O4. The number of rotatable bonds is 20. The summed E-state index contributed by atoms with van der Waals surface area (Å²) in [6.07, 6.45) is 12.7. The lowest BCUT2D eigenvalue weighted by atomic mass is 9.94. The quantitative estimate of drug-likeness (QED) is 0.0801. The fourth-order valence-electron chi connectivity index (χ4n) is 3.13. The maximum absolute atomic E-state index is 12.9. The lowest BCUT2D eigenvalue weighted by molar-refractivity contribution is -0.190. The first-order valence-electron chi connectivity index (χ1n) is 12.1. The van der Waals surface area contributed by atoms with Crippen LogP contribution in [0.15, 0.2) is 0 Å². The molecule has 32 heavy (non-hydrogen) atoms. The number of carbonyl (C=O) groups is 2. The molecule has 4 nitrogen and oxygen atoms in total. The van der Waals surface area contributed by atoms with Gasteiger partial charge < -0.3 is 9.47 Å². The summed E-state index contributed by atoms with van der Waals surface area (Å²) in [6.45, 7) is 2.87. The van der Waals surface area contributed by atoms with Crippen molar-refractivity contribution in [1.82, 2.24) is 0 Å². The zero-order valence-corrected chi connectivity index (χ0v) is 20.0. The molecule has 0 saturated heterocycles. The van der Waals surface area contributed by atoms with Crippen LogP contribution >= 0.6 is 0 Å². The molecule has 0 unspecified atom stereocenters. The lowest BCUT2D eigenvalue weighted by Crippen LogP contribution is -2.40. The fourth-order valence-corrected chi connectivity index (χ4v) is 3.13. The minimum absolute atomic E-state index is 0.112. The second-order valence-electron chi connectivity index (χ2n) is 8.99. The van der Waals surface area contributed by atoms with Gasteiger partial charge in [-0.25, -0.2) is 8.78 Å². The smallest absolute Gasteiger partial charge is 0.340 e. The molecule has 0 fully saturated rings. The Morgan fingerprint density at radius 1 is 0.688 bits per heavy atom. The highest BCUT2D eigenvalue weighted by molar-refractivity contribution is 5.99. The van der Waals surface area contributed by atoms with Gasteiger partial charge in [0.1, 0.15) is 0 Å². The molecule has 190 valence electrons. The van der Waals surface area contributed by atoms with Crippen LogP contribution in [0.5, 0.6) is 0 Å². The molecule has 0 rings (SSSR count). The first kappa shape index (κ1) is 30.7. The molecule has 0 aromatic rings. The molecule has 0 aromatic heterocycles. The number of ether oxygens (including phenoxy) is 2. The molecule has 0 amide bonds. The average Bonchev–Trinajstić information content (AvgIpc) is 2.74. The summed E-state index contributed by atoms with van der Waals surface area (Å²) in [5, 5.41) is 0. The van der Waals surface area contributed by atoms with Crippen molar-refractivity contribution in [3.63, 3.8) is 0 Å². The van der Waals surface area contributed by atoms with Crippen molar-refractivity contribution in [3.8, 4) is 0 Å². The van der Waals surface area contributed by atoms with Gasteiger partial charge in [-0.3, -0.25) is 9.59 Å². The summed E-state index contributed by atoms with van der Waals surface area (Å²) in [6, 6.07) is 0. The number of unbranched alkanes of at least 4 members (excludes halogenated alkanes) is 13. The highest BCUT2D eigenvalue weighted by atomic mass is 19.3. The van der Waals surface area contributed by atoms with Crippen LogP contribution < -0.4 is 0 Å². The molecule has 0 spiro atoms. The summed E-state index contributed by atoms with van der Waals surface area (Å²) in [5.74, 6) is -6.69. The van der Waals surface area contributed by atoms with Gasteiger partial charge >= 0.3 is 24.3 Å². The van der Waals surface area contributed by atoms with E-state index in [4.69, 9.17) is 4.74 Å². The maximum atomic E-state index is 12.9. The Bertz CT molecular complexity index is 510. The number of esters is 2. The van der Waals surface area contributed by atoms with Crippen LogP contribution in [0, 0.1) is 5.41 Å². The van der Waals surface area contributed by atoms with E-state index < -0.39 is 36.3 Å². The highest BCUT2D eigenvalue weighted by Gasteiger charge is 2.45. The highest BCUT2D eigenvalue weighted by Crippen LogP contribution is 2.26. The molecule has 0 aromatic carbocycles. The van der Waals surface area contributed by atoms with Crippen molar-refractivity contribution in [1.29, 1.82) is 0 Å². The van der Waals surface area contributed by atoms with Gasteiger partial charge in [0, 0.05) is 0 Å². The summed E-state index contributed by atoms with van der Waals surface area (Å²) in [7, 11) is 0. The van der Waals surface area contributed by atoms with Gasteiger partial charge in [0.15, 0.2) is 12.0 Å². The van der Waals surface area contributed by atoms with E-state index in [0.29, 0.717) is 6.42 Å². The Hall–Kier alpha value is -1.34. The first-order chi connectivity index (χ1) is 15.1. The van der Waals surface area contributed by atoms with Crippen molar-refractivity contribution in [2.75, 3.05) is 13.2 Å². The van der Waals surface area contributed by atoms with Crippen molar-refractivity contribution < 1.29 is 36.6 Å². The first-order valence-corrected chi connectivity index (χ1v) is 12.1. The third-order valence-electron chi connectivity index (χ3n) is 5.47. The molecule has 0 N–H and O–H groups in total. The number of hydrogen-bond acceptors (Lipinski definition) is 4. The molecule has 0 aliphatic heterocycles. The largest absolute Gasteiger partial charge is 0.465 e. The molecular weight excluding hydrogens is 428 g/mol. The second-order valence-corrected chi connectivity index (χ2v) is 8.99. The van der Waals surface area contributed by atoms with Crippen LogP contribution in [-0.2, 0) is 19.1 Å². The Morgan fingerprint density at radius 3 is 1.47 bits per heavy atom. The molecule has 8 heteroatoms. The van der Waals surface area contributed by atoms with E-state index in [0.717, 1.165) is 33.1 Å². The van der Waals surface area contributed by atoms with E-state index in [-0.39, 0.29) is 6.61 Å². The summed E-state index contributed by atoms with van der Waals surface area (Å²) < 4.78 is 59.2. The molecule has 0 saturated carbocycles. The number of alkyl halides is 4. The van der Waals surface area contributed by atoms with Crippen LogP contribution in [0.2, 0.25) is 0 Å². The Morgan fingerprint density at radius 2 is 1.06 bits per heavy atom. The standard InChI is InChI=1S/C24H42F4O4/c1-4-5-6-7-8-9-10-11-12-13-14-15-16-17-18-31-21(29)23(2,3)22(30)32-19-24(27,28)20(25)26/h20H,4-19H2,1-3H3. The summed E-state index contributed by atoms with van der Waals surface area (Å²) in [4.78, 5) is 23.9. The van der Waals surface area contributed by atoms with Crippen molar-refractivity contribution in [3.05, 3.63) is 0 Å². The molecule has 0 heterocycles. The van der Waals surface area contributed by atoms with Gasteiger partial charge in [-0.05, 0) is 20.3 Å². The van der Waals surface area contributed by atoms with Gasteiger partial charge in [-0.2, -0.15) is 8.78 Å². The van der Waals surface area contributed by atoms with E-state index >= 15 is 0 Å². The molecule has 0 bridgehead atoms. The Kier molecular flexibility index (Phi) is 16.5. The van der Waals surface area contributed by atoms with E-state index in [1.807, 2.05) is 0 Å². The van der Waals surface area contributed by atoms with Gasteiger partial charge in [0.25, 0.3) is 0 Å². The van der Waals surface area contributed by atoms with Crippen molar-refractivity contribution >= 4 is 11.9 Å². The lowest BCUT2D eigenvalue weighted by Gasteiger charge is -2.22. The zero-order valence-electron chi connectivity index (χ0n) is 20.0. The monoisotopic (exact) mass is 470 g/mol. The Labute approximate surface area is 190 Å². The van der Waals surface area contributed by atoms with Crippen LogP contribution in [0.4, 0.5) is 17.6 Å². The Balaban J connectivity index is 3.74. The number of carbonyl (C=O) groups excluding carboxylic acids is 2. The molecule has 0 radical (unpaired) electrons. The predicted molar refractivity (Wildman–Crippen MR) is 117 cm³/mol. The molecule has 0 atom stereocenters. The molecule has 0 aliphatic rings. The van der Waals surface area contributed by atoms with E-state index in [2.05, 4.69) is 11.7 Å². The van der Waals surface area contributed by atoms with Crippen LogP contribution in [0.1, 0.15) is 111 Å². The third kappa shape index (κ3) is 13.9. The van der Waals surface area contributed by atoms with Crippen LogP contribution in [0.25, 0.3) is 0 Å².